The molecule has 0 unspecified atom stereocenters. The first-order valence-electron chi connectivity index (χ1n) is 9.44. The fraction of sp³-hybridized carbons (Fsp3) is 0.0952. The van der Waals surface area contributed by atoms with Crippen LogP contribution in [0.25, 0.3) is 11.4 Å². The smallest absolute Gasteiger partial charge is 0.270 e. The molecule has 0 saturated carbocycles. The van der Waals surface area contributed by atoms with Crippen molar-refractivity contribution in [3.05, 3.63) is 83.8 Å². The number of carbonyl (C=O) groups excluding carboxylic acids is 2. The number of H-pyrrole nitrogens is 1. The van der Waals surface area contributed by atoms with Gasteiger partial charge in [-0.1, -0.05) is 54.6 Å². The van der Waals surface area contributed by atoms with Gasteiger partial charge < -0.3 is 10.6 Å². The van der Waals surface area contributed by atoms with Crippen LogP contribution in [0.2, 0.25) is 0 Å². The monoisotopic (exact) mass is 414 g/mol. The maximum Gasteiger partial charge on any atom is 0.270 e. The van der Waals surface area contributed by atoms with Crippen molar-refractivity contribution in [3.63, 3.8) is 0 Å². The van der Waals surface area contributed by atoms with Gasteiger partial charge in [0.1, 0.15) is 17.8 Å². The fourth-order valence-corrected chi connectivity index (χ4v) is 2.85. The molecule has 4 rings (SSSR count). The van der Waals surface area contributed by atoms with Crippen molar-refractivity contribution in [1.82, 2.24) is 35.9 Å². The van der Waals surface area contributed by atoms with E-state index >= 15 is 0 Å². The van der Waals surface area contributed by atoms with Gasteiger partial charge in [0.15, 0.2) is 0 Å². The summed E-state index contributed by atoms with van der Waals surface area (Å²) in [5.74, 6) is 0.171. The number of amides is 2. The normalized spacial score (nSPS) is 10.5. The number of anilines is 1. The molecule has 2 amide bonds. The summed E-state index contributed by atoms with van der Waals surface area (Å²) in [4.78, 5) is 32.7. The zero-order chi connectivity index (χ0) is 21.5. The Morgan fingerprint density at radius 1 is 0.935 bits per heavy atom. The van der Waals surface area contributed by atoms with Gasteiger partial charge in [0, 0.05) is 18.2 Å². The molecule has 0 bridgehead atoms. The molecule has 0 aliphatic heterocycles. The van der Waals surface area contributed by atoms with E-state index in [1.165, 1.54) is 12.4 Å². The summed E-state index contributed by atoms with van der Waals surface area (Å²) in [7, 11) is 0. The van der Waals surface area contributed by atoms with Crippen molar-refractivity contribution in [2.45, 2.75) is 13.0 Å². The lowest BCUT2D eigenvalue weighted by atomic mass is 10.1. The molecule has 0 saturated heterocycles. The average molecular weight is 414 g/mol. The number of hydrogen-bond acceptors (Lipinski definition) is 7. The van der Waals surface area contributed by atoms with Crippen LogP contribution in [0, 0.1) is 0 Å². The molecule has 0 aliphatic rings. The van der Waals surface area contributed by atoms with Crippen molar-refractivity contribution in [2.75, 3.05) is 5.32 Å². The zero-order valence-electron chi connectivity index (χ0n) is 16.3. The summed E-state index contributed by atoms with van der Waals surface area (Å²) in [6, 6.07) is 18.2. The third-order valence-electron chi connectivity index (χ3n) is 4.39. The molecule has 2 aromatic carbocycles. The van der Waals surface area contributed by atoms with Gasteiger partial charge in [-0.2, -0.15) is 5.21 Å². The van der Waals surface area contributed by atoms with E-state index < -0.39 is 0 Å². The molecular formula is C21H18N8O2. The molecule has 0 radical (unpaired) electrons. The summed E-state index contributed by atoms with van der Waals surface area (Å²) < 4.78 is 0. The van der Waals surface area contributed by atoms with Gasteiger partial charge in [-0.25, -0.2) is 9.97 Å². The van der Waals surface area contributed by atoms with Crippen LogP contribution in [0.4, 0.5) is 5.82 Å². The molecule has 0 spiro atoms. The summed E-state index contributed by atoms with van der Waals surface area (Å²) in [5, 5.41) is 19.3. The van der Waals surface area contributed by atoms with E-state index in [1.54, 1.807) is 0 Å². The van der Waals surface area contributed by atoms with Gasteiger partial charge in [-0.3, -0.25) is 9.59 Å². The third-order valence-corrected chi connectivity index (χ3v) is 4.39. The maximum absolute atomic E-state index is 12.5. The molecule has 31 heavy (non-hydrogen) atoms. The Morgan fingerprint density at radius 2 is 1.74 bits per heavy atom. The SMILES string of the molecule is O=C(Cc1ccccc1)Nc1cc(C(=O)NCc2ccc(-c3nn[nH]n3)cc2)ncn1. The van der Waals surface area contributed by atoms with Crippen LogP contribution in [0.5, 0.6) is 0 Å². The van der Waals surface area contributed by atoms with Crippen LogP contribution < -0.4 is 10.6 Å². The molecular weight excluding hydrogens is 396 g/mol. The van der Waals surface area contributed by atoms with Crippen LogP contribution >= 0.6 is 0 Å². The highest BCUT2D eigenvalue weighted by Crippen LogP contribution is 2.14. The molecule has 0 atom stereocenters. The number of aromatic nitrogens is 6. The fourth-order valence-electron chi connectivity index (χ4n) is 2.85. The quantitative estimate of drug-likeness (QED) is 0.419. The van der Waals surface area contributed by atoms with Crippen molar-refractivity contribution < 1.29 is 9.59 Å². The number of benzene rings is 2. The van der Waals surface area contributed by atoms with E-state index in [0.717, 1.165) is 16.7 Å². The standard InChI is InChI=1S/C21H18N8O2/c30-19(10-14-4-2-1-3-5-14)25-18-11-17(23-13-24-18)21(31)22-12-15-6-8-16(9-7-15)20-26-28-29-27-20/h1-9,11,13H,10,12H2,(H,22,31)(H,23,24,25,30)(H,26,27,28,29). The van der Waals surface area contributed by atoms with Crippen LogP contribution in [0.1, 0.15) is 21.6 Å². The van der Waals surface area contributed by atoms with Crippen molar-refractivity contribution >= 4 is 17.6 Å². The number of tetrazole rings is 1. The highest BCUT2D eigenvalue weighted by Gasteiger charge is 2.11. The highest BCUT2D eigenvalue weighted by molar-refractivity contribution is 5.95. The number of carbonyl (C=O) groups is 2. The van der Waals surface area contributed by atoms with Gasteiger partial charge in [-0.15, -0.1) is 10.2 Å². The first kappa shape index (κ1) is 19.8. The van der Waals surface area contributed by atoms with Crippen LogP contribution in [0.3, 0.4) is 0 Å². The molecule has 10 nitrogen and oxygen atoms in total. The molecule has 10 heteroatoms. The van der Waals surface area contributed by atoms with Gasteiger partial charge in [-0.05, 0) is 16.3 Å². The zero-order valence-corrected chi connectivity index (χ0v) is 16.3. The third kappa shape index (κ3) is 5.32. The summed E-state index contributed by atoms with van der Waals surface area (Å²) in [5.41, 5.74) is 2.76. The van der Waals surface area contributed by atoms with E-state index in [4.69, 9.17) is 0 Å². The molecule has 2 heterocycles. The Morgan fingerprint density at radius 3 is 2.48 bits per heavy atom. The molecule has 0 aliphatic carbocycles. The summed E-state index contributed by atoms with van der Waals surface area (Å²) >= 11 is 0. The van der Waals surface area contributed by atoms with Crippen LogP contribution in [-0.4, -0.2) is 42.4 Å². The Balaban J connectivity index is 1.33. The Labute approximate surface area is 177 Å². The van der Waals surface area contributed by atoms with E-state index in [1.807, 2.05) is 54.6 Å². The Bertz CT molecular complexity index is 1160. The minimum absolute atomic E-state index is 0.161. The Hall–Kier alpha value is -4.47. The minimum Gasteiger partial charge on any atom is -0.347 e. The number of nitrogens with zero attached hydrogens (tertiary/aromatic N) is 5. The van der Waals surface area contributed by atoms with Crippen molar-refractivity contribution in [3.8, 4) is 11.4 Å². The van der Waals surface area contributed by atoms with Gasteiger partial charge in [0.05, 0.1) is 6.42 Å². The predicted octanol–water partition coefficient (Wildman–Crippen LogP) is 1.77. The van der Waals surface area contributed by atoms with Crippen molar-refractivity contribution in [2.24, 2.45) is 0 Å². The number of rotatable bonds is 7. The van der Waals surface area contributed by atoms with Gasteiger partial charge in [0.25, 0.3) is 5.91 Å². The number of hydrogen-bond donors (Lipinski definition) is 3. The lowest BCUT2D eigenvalue weighted by molar-refractivity contribution is -0.115. The predicted molar refractivity (Wildman–Crippen MR) is 112 cm³/mol. The lowest BCUT2D eigenvalue weighted by Gasteiger charge is -2.08. The second-order valence-electron chi connectivity index (χ2n) is 6.61. The first-order chi connectivity index (χ1) is 15.2. The summed E-state index contributed by atoms with van der Waals surface area (Å²) in [6.07, 6.45) is 1.46. The topological polar surface area (TPSA) is 138 Å². The van der Waals surface area contributed by atoms with Crippen molar-refractivity contribution in [1.29, 1.82) is 0 Å². The molecule has 3 N–H and O–H groups in total. The average Bonchev–Trinajstić information content (AvgIpc) is 3.33. The van der Waals surface area contributed by atoms with Gasteiger partial charge >= 0.3 is 0 Å². The summed E-state index contributed by atoms with van der Waals surface area (Å²) in [6.45, 7) is 0.311. The lowest BCUT2D eigenvalue weighted by Crippen LogP contribution is -2.24. The van der Waals surface area contributed by atoms with Crippen LogP contribution in [-0.2, 0) is 17.8 Å². The molecule has 154 valence electrons. The number of aromatic amines is 1. The highest BCUT2D eigenvalue weighted by atomic mass is 16.2. The minimum atomic E-state index is -0.372. The second-order valence-corrected chi connectivity index (χ2v) is 6.61. The maximum atomic E-state index is 12.5. The van der Waals surface area contributed by atoms with E-state index in [-0.39, 0.29) is 29.7 Å². The largest absolute Gasteiger partial charge is 0.347 e. The molecule has 2 aromatic heterocycles. The van der Waals surface area contributed by atoms with E-state index in [9.17, 15) is 9.59 Å². The van der Waals surface area contributed by atoms with Gasteiger partial charge in [0.2, 0.25) is 11.7 Å². The first-order valence-corrected chi connectivity index (χ1v) is 9.44. The Kier molecular flexibility index (Phi) is 5.98. The van der Waals surface area contributed by atoms with Crippen LogP contribution in [0.15, 0.2) is 67.0 Å². The van der Waals surface area contributed by atoms with E-state index in [0.29, 0.717) is 12.4 Å². The number of nitrogens with one attached hydrogen (secondary N) is 3. The van der Waals surface area contributed by atoms with E-state index in [2.05, 4.69) is 41.2 Å². The molecule has 0 fully saturated rings. The second kappa shape index (κ2) is 9.35. The molecule has 4 aromatic rings.